The number of hydrogen-bond acceptors (Lipinski definition) is 4. The first-order valence-corrected chi connectivity index (χ1v) is 4.95. The molecule has 0 radical (unpaired) electrons. The first kappa shape index (κ1) is 13.4. The molecule has 4 nitrogen and oxygen atoms in total. The van der Waals surface area contributed by atoms with Crippen molar-refractivity contribution in [1.82, 2.24) is 9.80 Å². The Labute approximate surface area is 106 Å². The lowest BCUT2D eigenvalue weighted by atomic mass is 10.3. The van der Waals surface area contributed by atoms with Crippen molar-refractivity contribution in [1.29, 1.82) is 0 Å². The van der Waals surface area contributed by atoms with Crippen molar-refractivity contribution in [2.75, 3.05) is 14.1 Å². The third-order valence-corrected chi connectivity index (χ3v) is 2.37. The minimum atomic E-state index is -0.268. The smallest absolute Gasteiger partial charge is 0.217 e. The zero-order chi connectivity index (χ0) is 11.5. The van der Waals surface area contributed by atoms with Gasteiger partial charge in [0.15, 0.2) is 0 Å². The van der Waals surface area contributed by atoms with E-state index in [-0.39, 0.29) is 24.5 Å². The highest BCUT2D eigenvalue weighted by Crippen LogP contribution is 2.17. The number of rotatable bonds is 2. The van der Waals surface area contributed by atoms with Crippen LogP contribution in [0.4, 0.5) is 10.1 Å². The molecule has 0 aliphatic carbocycles. The Morgan fingerprint density at radius 3 is 2.12 bits per heavy atom. The molecule has 1 heterocycles. The number of halogens is 2. The number of hydrogen-bond donors (Lipinski definition) is 0. The van der Waals surface area contributed by atoms with Gasteiger partial charge < -0.3 is 9.80 Å². The number of nitrogens with zero attached hydrogens (tertiary/aromatic N) is 4. The highest BCUT2D eigenvalue weighted by molar-refractivity contribution is 5.85. The molecule has 0 saturated heterocycles. The lowest BCUT2D eigenvalue weighted by Crippen LogP contribution is -2.31. The fourth-order valence-corrected chi connectivity index (χ4v) is 1.44. The molecule has 6 heteroatoms. The predicted molar refractivity (Wildman–Crippen MR) is 66.6 cm³/mol. The molecule has 92 valence electrons. The molecule has 1 aromatic rings. The number of benzene rings is 1. The van der Waals surface area contributed by atoms with Crippen molar-refractivity contribution >= 4 is 18.1 Å². The van der Waals surface area contributed by atoms with E-state index < -0.39 is 0 Å². The Balaban J connectivity index is 0.00000144. The van der Waals surface area contributed by atoms with Crippen molar-refractivity contribution in [2.24, 2.45) is 10.2 Å². The first-order valence-electron chi connectivity index (χ1n) is 4.95. The Bertz CT molecular complexity index is 406. The zero-order valence-electron chi connectivity index (χ0n) is 9.62. The molecule has 0 aromatic heterocycles. The maximum absolute atomic E-state index is 12.7. The second-order valence-electron chi connectivity index (χ2n) is 3.67. The van der Waals surface area contributed by atoms with Crippen molar-refractivity contribution in [2.45, 2.75) is 6.29 Å². The molecule has 1 aliphatic heterocycles. The molecule has 2 rings (SSSR count). The molecule has 0 unspecified atom stereocenters. The van der Waals surface area contributed by atoms with Crippen molar-refractivity contribution < 1.29 is 4.39 Å². The van der Waals surface area contributed by atoms with Crippen LogP contribution in [0.2, 0.25) is 0 Å². The van der Waals surface area contributed by atoms with Gasteiger partial charge in [-0.05, 0) is 24.3 Å². The molecular weight excluding hydrogens is 243 g/mol. The maximum atomic E-state index is 12.7. The molecule has 0 spiro atoms. The van der Waals surface area contributed by atoms with Gasteiger partial charge in [0.1, 0.15) is 5.82 Å². The van der Waals surface area contributed by atoms with Gasteiger partial charge in [-0.1, -0.05) is 0 Å². The molecule has 17 heavy (non-hydrogen) atoms. The summed E-state index contributed by atoms with van der Waals surface area (Å²) in [6, 6.07) is 5.94. The second-order valence-corrected chi connectivity index (χ2v) is 3.67. The summed E-state index contributed by atoms with van der Waals surface area (Å²) in [5.41, 5.74) is 0.648. The molecule has 0 bridgehead atoms. The van der Waals surface area contributed by atoms with Crippen LogP contribution in [-0.2, 0) is 0 Å². The van der Waals surface area contributed by atoms with E-state index in [4.69, 9.17) is 0 Å². The van der Waals surface area contributed by atoms with E-state index in [0.29, 0.717) is 5.69 Å². The minimum Gasteiger partial charge on any atom is -0.340 e. The van der Waals surface area contributed by atoms with E-state index in [9.17, 15) is 4.39 Å². The number of azo groups is 1. The summed E-state index contributed by atoms with van der Waals surface area (Å²) in [5, 5.41) is 8.24. The zero-order valence-corrected chi connectivity index (χ0v) is 10.4. The monoisotopic (exact) mass is 256 g/mol. The molecule has 0 N–H and O–H groups in total. The largest absolute Gasteiger partial charge is 0.340 e. The van der Waals surface area contributed by atoms with Crippen molar-refractivity contribution in [3.8, 4) is 0 Å². The quantitative estimate of drug-likeness (QED) is 0.762. The van der Waals surface area contributed by atoms with Crippen LogP contribution in [-0.4, -0.2) is 30.2 Å². The molecule has 0 fully saturated rings. The van der Waals surface area contributed by atoms with Crippen LogP contribution in [0, 0.1) is 5.82 Å². The third-order valence-electron chi connectivity index (χ3n) is 2.37. The Morgan fingerprint density at radius 1 is 1.06 bits per heavy atom. The lowest BCUT2D eigenvalue weighted by Gasteiger charge is -2.21. The highest BCUT2D eigenvalue weighted by Gasteiger charge is 2.18. The van der Waals surface area contributed by atoms with Gasteiger partial charge >= 0.3 is 0 Å². The summed E-state index contributed by atoms with van der Waals surface area (Å²) in [6.07, 6.45) is 3.73. The van der Waals surface area contributed by atoms with E-state index in [1.807, 2.05) is 36.3 Å². The summed E-state index contributed by atoms with van der Waals surface area (Å²) in [6.45, 7) is 0. The van der Waals surface area contributed by atoms with Crippen LogP contribution in [0.15, 0.2) is 46.9 Å². The van der Waals surface area contributed by atoms with E-state index in [0.717, 1.165) is 0 Å². The Hall–Kier alpha value is -1.62. The van der Waals surface area contributed by atoms with E-state index in [2.05, 4.69) is 10.2 Å². The fraction of sp³-hybridized carbons (Fsp3) is 0.273. The average Bonchev–Trinajstić information content (AvgIpc) is 2.59. The highest BCUT2D eigenvalue weighted by atomic mass is 35.5. The summed E-state index contributed by atoms with van der Waals surface area (Å²) in [7, 11) is 3.85. The van der Waals surface area contributed by atoms with Gasteiger partial charge in [0.25, 0.3) is 0 Å². The van der Waals surface area contributed by atoms with Crippen LogP contribution in [0.3, 0.4) is 0 Å². The maximum Gasteiger partial charge on any atom is 0.217 e. The van der Waals surface area contributed by atoms with Crippen LogP contribution < -0.4 is 0 Å². The van der Waals surface area contributed by atoms with Gasteiger partial charge in [0.2, 0.25) is 6.29 Å². The lowest BCUT2D eigenvalue weighted by molar-refractivity contribution is 0.206. The van der Waals surface area contributed by atoms with Gasteiger partial charge in [0, 0.05) is 26.5 Å². The van der Waals surface area contributed by atoms with E-state index in [1.54, 1.807) is 12.1 Å². The first-order chi connectivity index (χ1) is 7.66. The Kier molecular flexibility index (Phi) is 4.45. The molecular formula is C11H14ClFN4. The topological polar surface area (TPSA) is 31.2 Å². The summed E-state index contributed by atoms with van der Waals surface area (Å²) >= 11 is 0. The van der Waals surface area contributed by atoms with Gasteiger partial charge in [-0.15, -0.1) is 17.5 Å². The molecule has 0 amide bonds. The van der Waals surface area contributed by atoms with E-state index >= 15 is 0 Å². The normalized spacial score (nSPS) is 15.7. The van der Waals surface area contributed by atoms with Crippen molar-refractivity contribution in [3.05, 3.63) is 42.5 Å². The SMILES string of the molecule is CN1C=CN(C)C1N=Nc1ccc(F)cc1.Cl. The molecule has 1 aromatic carbocycles. The average molecular weight is 257 g/mol. The molecule has 0 atom stereocenters. The van der Waals surface area contributed by atoms with Crippen LogP contribution >= 0.6 is 12.4 Å². The molecule has 1 aliphatic rings. The molecule has 0 saturated carbocycles. The van der Waals surface area contributed by atoms with Crippen molar-refractivity contribution in [3.63, 3.8) is 0 Å². The standard InChI is InChI=1S/C11H13FN4.ClH/c1-15-7-8-16(2)11(15)14-13-10-5-3-9(12)4-6-10;/h3-8,11H,1-2H3;1H. The van der Waals surface area contributed by atoms with Crippen LogP contribution in [0.1, 0.15) is 0 Å². The van der Waals surface area contributed by atoms with Gasteiger partial charge in [-0.25, -0.2) is 4.39 Å². The second kappa shape index (κ2) is 5.63. The Morgan fingerprint density at radius 2 is 1.59 bits per heavy atom. The summed E-state index contributed by atoms with van der Waals surface area (Å²) < 4.78 is 12.7. The summed E-state index contributed by atoms with van der Waals surface area (Å²) in [5.74, 6) is -0.268. The van der Waals surface area contributed by atoms with E-state index in [1.165, 1.54) is 12.1 Å². The third kappa shape index (κ3) is 3.17. The van der Waals surface area contributed by atoms with Gasteiger partial charge in [0.05, 0.1) is 5.69 Å². The van der Waals surface area contributed by atoms with Crippen LogP contribution in [0.5, 0.6) is 0 Å². The van der Waals surface area contributed by atoms with Gasteiger partial charge in [-0.2, -0.15) is 5.11 Å². The van der Waals surface area contributed by atoms with Gasteiger partial charge in [-0.3, -0.25) is 0 Å². The predicted octanol–water partition coefficient (Wildman–Crippen LogP) is 2.96. The summed E-state index contributed by atoms with van der Waals surface area (Å²) in [4.78, 5) is 3.88. The fourth-order valence-electron chi connectivity index (χ4n) is 1.44. The minimum absolute atomic E-state index is 0. The van der Waals surface area contributed by atoms with Crippen LogP contribution in [0.25, 0.3) is 0 Å².